The van der Waals surface area contributed by atoms with Crippen LogP contribution in [-0.2, 0) is 0 Å². The topological polar surface area (TPSA) is 71.2 Å². The van der Waals surface area contributed by atoms with Crippen molar-refractivity contribution in [2.45, 2.75) is 12.8 Å². The minimum absolute atomic E-state index is 0.0768. The number of aromatic nitrogens is 1. The largest absolute Gasteiger partial charge is 0.372 e. The number of anilines is 2. The quantitative estimate of drug-likeness (QED) is 0.822. The molecule has 0 spiro atoms. The predicted molar refractivity (Wildman–Crippen MR) is 63.7 cm³/mol. The highest BCUT2D eigenvalue weighted by molar-refractivity contribution is 5.97. The molecular weight excluding hydrogens is 223 g/mol. The first kappa shape index (κ1) is 11.6. The first-order valence-corrected chi connectivity index (χ1v) is 5.56. The molecule has 1 aromatic heterocycles. The summed E-state index contributed by atoms with van der Waals surface area (Å²) in [5.41, 5.74) is 5.24. The molecule has 1 saturated heterocycles. The third-order valence-corrected chi connectivity index (χ3v) is 2.87. The Labute approximate surface area is 98.8 Å². The number of nitrogens with two attached hydrogens (primary N) is 1. The second-order valence-electron chi connectivity index (χ2n) is 4.00. The molecule has 1 aliphatic heterocycles. The molecule has 0 radical (unpaired) electrons. The normalized spacial score (nSPS) is 15.1. The van der Waals surface area contributed by atoms with Crippen LogP contribution in [0.4, 0.5) is 16.0 Å². The van der Waals surface area contributed by atoms with E-state index in [9.17, 15) is 9.18 Å². The summed E-state index contributed by atoms with van der Waals surface area (Å²) in [7, 11) is 1.63. The van der Waals surface area contributed by atoms with Gasteiger partial charge in [0.1, 0.15) is 5.82 Å². The number of nitrogens with one attached hydrogen (secondary N) is 1. The van der Waals surface area contributed by atoms with Gasteiger partial charge in [0.15, 0.2) is 11.6 Å². The van der Waals surface area contributed by atoms with Gasteiger partial charge in [0.2, 0.25) is 0 Å². The molecule has 0 atom stereocenters. The zero-order valence-electron chi connectivity index (χ0n) is 9.66. The molecule has 2 rings (SSSR count). The highest BCUT2D eigenvalue weighted by atomic mass is 19.1. The van der Waals surface area contributed by atoms with Gasteiger partial charge in [-0.1, -0.05) is 0 Å². The Morgan fingerprint density at radius 1 is 1.53 bits per heavy atom. The van der Waals surface area contributed by atoms with E-state index in [1.54, 1.807) is 7.05 Å². The van der Waals surface area contributed by atoms with Crippen LogP contribution >= 0.6 is 0 Å². The summed E-state index contributed by atoms with van der Waals surface area (Å²) >= 11 is 0. The van der Waals surface area contributed by atoms with Crippen LogP contribution in [0.15, 0.2) is 6.07 Å². The van der Waals surface area contributed by atoms with Gasteiger partial charge in [-0.15, -0.1) is 0 Å². The predicted octanol–water partition coefficient (Wildman–Crippen LogP) is 0.961. The van der Waals surface area contributed by atoms with Gasteiger partial charge in [-0.2, -0.15) is 0 Å². The molecule has 5 nitrogen and oxygen atoms in total. The fraction of sp³-hybridized carbons (Fsp3) is 0.455. The number of pyridine rings is 1. The van der Waals surface area contributed by atoms with Gasteiger partial charge in [-0.25, -0.2) is 9.37 Å². The summed E-state index contributed by atoms with van der Waals surface area (Å²) in [5, 5.41) is 2.76. The van der Waals surface area contributed by atoms with E-state index in [0.29, 0.717) is 5.82 Å². The summed E-state index contributed by atoms with van der Waals surface area (Å²) in [6, 6.07) is 1.15. The number of nitrogens with zero attached hydrogens (tertiary/aromatic N) is 2. The average molecular weight is 238 g/mol. The van der Waals surface area contributed by atoms with Crippen molar-refractivity contribution in [2.24, 2.45) is 5.73 Å². The van der Waals surface area contributed by atoms with E-state index in [2.05, 4.69) is 10.3 Å². The highest BCUT2D eigenvalue weighted by Crippen LogP contribution is 2.25. The number of carbonyl (C=O) groups is 1. The Bertz CT molecular complexity index is 443. The molecule has 17 heavy (non-hydrogen) atoms. The van der Waals surface area contributed by atoms with Gasteiger partial charge in [0.25, 0.3) is 5.91 Å². The van der Waals surface area contributed by atoms with E-state index in [1.165, 1.54) is 0 Å². The number of carbonyl (C=O) groups excluding carboxylic acids is 1. The molecule has 1 amide bonds. The number of amides is 1. The van der Waals surface area contributed by atoms with Crippen LogP contribution in [-0.4, -0.2) is 31.0 Å². The van der Waals surface area contributed by atoms with Crippen LogP contribution in [0.3, 0.4) is 0 Å². The lowest BCUT2D eigenvalue weighted by atomic mass is 10.2. The summed E-state index contributed by atoms with van der Waals surface area (Å²) in [6.45, 7) is 1.59. The van der Waals surface area contributed by atoms with Gasteiger partial charge in [0.05, 0.1) is 5.56 Å². The SMILES string of the molecule is CNc1nc(N2CCCC2)c(F)cc1C(N)=O. The fourth-order valence-electron chi connectivity index (χ4n) is 2.01. The summed E-state index contributed by atoms with van der Waals surface area (Å²) < 4.78 is 13.8. The monoisotopic (exact) mass is 238 g/mol. The Hall–Kier alpha value is -1.85. The van der Waals surface area contributed by atoms with Gasteiger partial charge in [0, 0.05) is 20.1 Å². The van der Waals surface area contributed by atoms with Crippen molar-refractivity contribution in [3.8, 4) is 0 Å². The van der Waals surface area contributed by atoms with E-state index in [1.807, 2.05) is 4.90 Å². The molecule has 1 aliphatic rings. The van der Waals surface area contributed by atoms with Gasteiger partial charge >= 0.3 is 0 Å². The van der Waals surface area contributed by atoms with Crippen LogP contribution in [0.5, 0.6) is 0 Å². The molecule has 1 fully saturated rings. The van der Waals surface area contributed by atoms with Gasteiger partial charge in [-0.3, -0.25) is 4.79 Å². The molecule has 1 aromatic rings. The van der Waals surface area contributed by atoms with Crippen molar-refractivity contribution < 1.29 is 9.18 Å². The Balaban J connectivity index is 2.44. The minimum atomic E-state index is -0.686. The Morgan fingerprint density at radius 3 is 2.71 bits per heavy atom. The van der Waals surface area contributed by atoms with Crippen LogP contribution in [0.25, 0.3) is 0 Å². The van der Waals surface area contributed by atoms with Gasteiger partial charge in [-0.05, 0) is 18.9 Å². The first-order valence-electron chi connectivity index (χ1n) is 5.56. The van der Waals surface area contributed by atoms with Crippen LogP contribution in [0.1, 0.15) is 23.2 Å². The fourth-order valence-corrected chi connectivity index (χ4v) is 2.01. The van der Waals surface area contributed by atoms with Crippen molar-refractivity contribution in [3.05, 3.63) is 17.4 Å². The maximum Gasteiger partial charge on any atom is 0.252 e. The lowest BCUT2D eigenvalue weighted by Gasteiger charge is -2.18. The zero-order valence-corrected chi connectivity index (χ0v) is 9.66. The number of halogens is 1. The minimum Gasteiger partial charge on any atom is -0.372 e. The van der Waals surface area contributed by atoms with Crippen molar-refractivity contribution >= 4 is 17.5 Å². The Kier molecular flexibility index (Phi) is 3.12. The molecule has 0 unspecified atom stereocenters. The van der Waals surface area contributed by atoms with E-state index in [-0.39, 0.29) is 11.4 Å². The number of hydrogen-bond donors (Lipinski definition) is 2. The molecule has 3 N–H and O–H groups in total. The standard InChI is InChI=1S/C11H15FN4O/c1-14-10-7(9(13)17)6-8(12)11(15-10)16-4-2-3-5-16/h6H,2-5H2,1H3,(H2,13,17)(H,14,15). The van der Waals surface area contributed by atoms with E-state index >= 15 is 0 Å². The van der Waals surface area contributed by atoms with Crippen LogP contribution in [0, 0.1) is 5.82 Å². The third-order valence-electron chi connectivity index (χ3n) is 2.87. The summed E-state index contributed by atoms with van der Waals surface area (Å²) in [4.78, 5) is 17.1. The smallest absolute Gasteiger partial charge is 0.252 e. The number of primary amides is 1. The lowest BCUT2D eigenvalue weighted by Crippen LogP contribution is -2.23. The second-order valence-corrected chi connectivity index (χ2v) is 4.00. The molecule has 0 aromatic carbocycles. The molecule has 2 heterocycles. The van der Waals surface area contributed by atoms with E-state index in [4.69, 9.17) is 5.73 Å². The van der Waals surface area contributed by atoms with Crippen molar-refractivity contribution in [1.29, 1.82) is 0 Å². The maximum absolute atomic E-state index is 13.8. The van der Waals surface area contributed by atoms with E-state index in [0.717, 1.165) is 32.0 Å². The van der Waals surface area contributed by atoms with Crippen LogP contribution in [0.2, 0.25) is 0 Å². The van der Waals surface area contributed by atoms with Crippen LogP contribution < -0.4 is 16.0 Å². The van der Waals surface area contributed by atoms with Crippen molar-refractivity contribution in [1.82, 2.24) is 4.98 Å². The highest BCUT2D eigenvalue weighted by Gasteiger charge is 2.21. The Morgan fingerprint density at radius 2 is 2.18 bits per heavy atom. The molecule has 0 saturated carbocycles. The van der Waals surface area contributed by atoms with Crippen molar-refractivity contribution in [3.63, 3.8) is 0 Å². The average Bonchev–Trinajstić information content (AvgIpc) is 2.82. The lowest BCUT2D eigenvalue weighted by molar-refractivity contribution is 0.100. The third kappa shape index (κ3) is 2.15. The molecular formula is C11H15FN4O. The maximum atomic E-state index is 13.8. The van der Waals surface area contributed by atoms with E-state index < -0.39 is 11.7 Å². The first-order chi connectivity index (χ1) is 8.13. The zero-order chi connectivity index (χ0) is 12.4. The second kappa shape index (κ2) is 4.57. The summed E-state index contributed by atoms with van der Waals surface area (Å²) in [6.07, 6.45) is 2.07. The molecule has 0 bridgehead atoms. The summed E-state index contributed by atoms with van der Waals surface area (Å²) in [5.74, 6) is -0.578. The molecule has 0 aliphatic carbocycles. The molecule has 6 heteroatoms. The molecule has 92 valence electrons. The van der Waals surface area contributed by atoms with Crippen molar-refractivity contribution in [2.75, 3.05) is 30.4 Å². The van der Waals surface area contributed by atoms with Gasteiger partial charge < -0.3 is 16.0 Å². The number of rotatable bonds is 3. The number of hydrogen-bond acceptors (Lipinski definition) is 4.